The molecule has 7 nitrogen and oxygen atoms in total. The molecule has 1 aromatic heterocycles. The van der Waals surface area contributed by atoms with Crippen molar-refractivity contribution >= 4 is 17.3 Å². The summed E-state index contributed by atoms with van der Waals surface area (Å²) in [5, 5.41) is 13.8. The Labute approximate surface area is 138 Å². The number of non-ortho nitro benzene ring substituents is 1. The molecule has 0 aliphatic heterocycles. The molecule has 1 saturated carbocycles. The number of aromatic nitrogens is 1. The number of benzene rings is 1. The normalized spacial score (nSPS) is 13.4. The quantitative estimate of drug-likeness (QED) is 0.497. The Bertz CT molecular complexity index is 770. The second-order valence-electron chi connectivity index (χ2n) is 5.66. The third kappa shape index (κ3) is 3.51. The molecule has 0 amide bonds. The van der Waals surface area contributed by atoms with Gasteiger partial charge in [-0.3, -0.25) is 15.1 Å². The number of hydrogen-bond acceptors (Lipinski definition) is 6. The van der Waals surface area contributed by atoms with E-state index in [0.717, 1.165) is 29.9 Å². The average molecular weight is 327 g/mol. The standard InChI is InChI=1S/C17H17N3O4/c1-24-17(21)15-9-6-13(19-16(15)11-2-3-11)10-18-12-4-7-14(8-5-12)20(22)23/h4-9,11,18H,2-3,10H2,1H3. The monoisotopic (exact) mass is 327 g/mol. The topological polar surface area (TPSA) is 94.4 Å². The zero-order chi connectivity index (χ0) is 17.1. The summed E-state index contributed by atoms with van der Waals surface area (Å²) < 4.78 is 4.80. The Morgan fingerprint density at radius 3 is 2.58 bits per heavy atom. The number of carbonyl (C=O) groups is 1. The maximum absolute atomic E-state index is 11.8. The molecule has 1 heterocycles. The first-order valence-electron chi connectivity index (χ1n) is 7.65. The molecule has 124 valence electrons. The zero-order valence-electron chi connectivity index (χ0n) is 13.2. The number of anilines is 1. The van der Waals surface area contributed by atoms with Crippen LogP contribution in [0.2, 0.25) is 0 Å². The van der Waals surface area contributed by atoms with Crippen molar-refractivity contribution in [3.63, 3.8) is 0 Å². The number of nitrogens with zero attached hydrogens (tertiary/aromatic N) is 2. The van der Waals surface area contributed by atoms with Crippen molar-refractivity contribution in [1.29, 1.82) is 0 Å². The van der Waals surface area contributed by atoms with E-state index in [1.165, 1.54) is 19.2 Å². The van der Waals surface area contributed by atoms with Gasteiger partial charge in [-0.05, 0) is 37.1 Å². The highest BCUT2D eigenvalue weighted by molar-refractivity contribution is 5.90. The van der Waals surface area contributed by atoms with Crippen molar-refractivity contribution < 1.29 is 14.5 Å². The lowest BCUT2D eigenvalue weighted by molar-refractivity contribution is -0.384. The molecule has 1 aliphatic carbocycles. The average Bonchev–Trinajstić information content (AvgIpc) is 3.44. The molecular weight excluding hydrogens is 310 g/mol. The van der Waals surface area contributed by atoms with E-state index in [1.807, 2.05) is 0 Å². The largest absolute Gasteiger partial charge is 0.465 e. The fraction of sp³-hybridized carbons (Fsp3) is 0.294. The van der Waals surface area contributed by atoms with Crippen molar-refractivity contribution in [1.82, 2.24) is 4.98 Å². The second-order valence-corrected chi connectivity index (χ2v) is 5.66. The summed E-state index contributed by atoms with van der Waals surface area (Å²) in [7, 11) is 1.36. The van der Waals surface area contributed by atoms with Crippen LogP contribution in [0.25, 0.3) is 0 Å². The molecule has 0 radical (unpaired) electrons. The van der Waals surface area contributed by atoms with Crippen LogP contribution in [-0.2, 0) is 11.3 Å². The van der Waals surface area contributed by atoms with Gasteiger partial charge in [-0.2, -0.15) is 0 Å². The highest BCUT2D eigenvalue weighted by atomic mass is 16.6. The number of hydrogen-bond donors (Lipinski definition) is 1. The Kier molecular flexibility index (Phi) is 4.41. The summed E-state index contributed by atoms with van der Waals surface area (Å²) in [5.74, 6) is -0.0299. The van der Waals surface area contributed by atoms with E-state index >= 15 is 0 Å². The summed E-state index contributed by atoms with van der Waals surface area (Å²) >= 11 is 0. The summed E-state index contributed by atoms with van der Waals surface area (Å²) in [4.78, 5) is 26.6. The minimum absolute atomic E-state index is 0.0529. The van der Waals surface area contributed by atoms with Gasteiger partial charge in [0.2, 0.25) is 0 Å². The number of carbonyl (C=O) groups excluding carboxylic acids is 1. The summed E-state index contributed by atoms with van der Waals surface area (Å²) in [5.41, 5.74) is 2.95. The maximum Gasteiger partial charge on any atom is 0.339 e. The number of nitro groups is 1. The van der Waals surface area contributed by atoms with Crippen molar-refractivity contribution in [2.45, 2.75) is 25.3 Å². The minimum Gasteiger partial charge on any atom is -0.465 e. The van der Waals surface area contributed by atoms with Crippen LogP contribution in [0.3, 0.4) is 0 Å². The van der Waals surface area contributed by atoms with Crippen molar-refractivity contribution in [3.05, 3.63) is 63.5 Å². The smallest absolute Gasteiger partial charge is 0.339 e. The molecule has 0 spiro atoms. The highest BCUT2D eigenvalue weighted by Crippen LogP contribution is 2.40. The number of methoxy groups -OCH3 is 1. The summed E-state index contributed by atoms with van der Waals surface area (Å²) in [6.07, 6.45) is 2.08. The number of nitro benzene ring substituents is 1. The van der Waals surface area contributed by atoms with Crippen LogP contribution >= 0.6 is 0 Å². The lowest BCUT2D eigenvalue weighted by atomic mass is 10.1. The van der Waals surface area contributed by atoms with E-state index in [0.29, 0.717) is 18.0 Å². The molecule has 0 bridgehead atoms. The van der Waals surface area contributed by atoms with Crippen LogP contribution in [0.5, 0.6) is 0 Å². The number of esters is 1. The molecule has 1 N–H and O–H groups in total. The fourth-order valence-electron chi connectivity index (χ4n) is 2.46. The molecule has 1 aromatic carbocycles. The third-order valence-electron chi connectivity index (χ3n) is 3.90. The lowest BCUT2D eigenvalue weighted by Gasteiger charge is -2.10. The van der Waals surface area contributed by atoms with Crippen LogP contribution in [0.4, 0.5) is 11.4 Å². The van der Waals surface area contributed by atoms with Gasteiger partial charge in [0.25, 0.3) is 5.69 Å². The van der Waals surface area contributed by atoms with Gasteiger partial charge in [0, 0.05) is 23.7 Å². The van der Waals surface area contributed by atoms with Gasteiger partial charge >= 0.3 is 5.97 Å². The molecule has 0 unspecified atom stereocenters. The van der Waals surface area contributed by atoms with Crippen molar-refractivity contribution in [2.24, 2.45) is 0 Å². The summed E-state index contributed by atoms with van der Waals surface area (Å²) in [6, 6.07) is 9.75. The number of ether oxygens (including phenoxy) is 1. The van der Waals surface area contributed by atoms with Crippen LogP contribution < -0.4 is 5.32 Å². The van der Waals surface area contributed by atoms with E-state index in [9.17, 15) is 14.9 Å². The number of nitrogens with one attached hydrogen (secondary N) is 1. The zero-order valence-corrected chi connectivity index (χ0v) is 13.2. The fourth-order valence-corrected chi connectivity index (χ4v) is 2.46. The Morgan fingerprint density at radius 2 is 2.00 bits per heavy atom. The number of pyridine rings is 1. The maximum atomic E-state index is 11.8. The first-order valence-corrected chi connectivity index (χ1v) is 7.65. The highest BCUT2D eigenvalue weighted by Gasteiger charge is 2.30. The molecule has 3 rings (SSSR count). The second kappa shape index (κ2) is 6.66. The predicted octanol–water partition coefficient (Wildman–Crippen LogP) is 3.27. The SMILES string of the molecule is COC(=O)c1ccc(CNc2ccc([N+](=O)[O-])cc2)nc1C1CC1. The van der Waals surface area contributed by atoms with Gasteiger partial charge in [-0.15, -0.1) is 0 Å². The Balaban J connectivity index is 1.72. The van der Waals surface area contributed by atoms with Crippen LogP contribution in [0.15, 0.2) is 36.4 Å². The first-order chi connectivity index (χ1) is 11.6. The lowest BCUT2D eigenvalue weighted by Crippen LogP contribution is -2.10. The van der Waals surface area contributed by atoms with Gasteiger partial charge in [-0.25, -0.2) is 4.79 Å². The molecule has 0 atom stereocenters. The van der Waals surface area contributed by atoms with Gasteiger partial charge in [0.15, 0.2) is 0 Å². The first kappa shape index (κ1) is 15.9. The van der Waals surface area contributed by atoms with Crippen molar-refractivity contribution in [3.8, 4) is 0 Å². The van der Waals surface area contributed by atoms with Crippen LogP contribution in [0.1, 0.15) is 40.5 Å². The predicted molar refractivity (Wildman–Crippen MR) is 88.0 cm³/mol. The third-order valence-corrected chi connectivity index (χ3v) is 3.90. The summed E-state index contributed by atoms with van der Waals surface area (Å²) in [6.45, 7) is 0.471. The molecule has 7 heteroatoms. The van der Waals surface area contributed by atoms with E-state index < -0.39 is 4.92 Å². The van der Waals surface area contributed by atoms with E-state index in [4.69, 9.17) is 4.74 Å². The molecule has 1 aliphatic rings. The molecular formula is C17H17N3O4. The molecule has 2 aromatic rings. The van der Waals surface area contributed by atoms with Gasteiger partial charge < -0.3 is 10.1 Å². The van der Waals surface area contributed by atoms with Crippen molar-refractivity contribution in [2.75, 3.05) is 12.4 Å². The minimum atomic E-state index is -0.432. The number of rotatable bonds is 6. The van der Waals surface area contributed by atoms with Gasteiger partial charge in [0.1, 0.15) is 0 Å². The van der Waals surface area contributed by atoms with Gasteiger partial charge in [-0.1, -0.05) is 0 Å². The molecule has 24 heavy (non-hydrogen) atoms. The molecule has 0 saturated heterocycles. The Hall–Kier alpha value is -2.96. The van der Waals surface area contributed by atoms with E-state index in [2.05, 4.69) is 10.3 Å². The van der Waals surface area contributed by atoms with Crippen LogP contribution in [-0.4, -0.2) is 23.0 Å². The molecule has 1 fully saturated rings. The van der Waals surface area contributed by atoms with Crippen LogP contribution in [0, 0.1) is 10.1 Å². The van der Waals surface area contributed by atoms with Gasteiger partial charge in [0.05, 0.1) is 35.5 Å². The van der Waals surface area contributed by atoms with E-state index in [1.54, 1.807) is 24.3 Å². The van der Waals surface area contributed by atoms with E-state index in [-0.39, 0.29) is 11.7 Å². The Morgan fingerprint density at radius 1 is 1.29 bits per heavy atom.